The fourth-order valence-electron chi connectivity index (χ4n) is 1.80. The lowest BCUT2D eigenvalue weighted by Crippen LogP contribution is -3.20. The van der Waals surface area contributed by atoms with Gasteiger partial charge in [0, 0.05) is 0 Å². The molecule has 0 aromatic carbocycles. The van der Waals surface area contributed by atoms with Gasteiger partial charge in [-0.05, 0) is 0 Å². The highest BCUT2D eigenvalue weighted by Crippen LogP contribution is 1.90. The van der Waals surface area contributed by atoms with E-state index < -0.39 is 0 Å². The zero-order valence-electron chi connectivity index (χ0n) is 7.42. The minimum atomic E-state index is 0.893. The number of ether oxygens (including phenoxy) is 2. The van der Waals surface area contributed by atoms with Gasteiger partial charge >= 0.3 is 0 Å². The van der Waals surface area contributed by atoms with E-state index in [0.717, 1.165) is 52.6 Å². The van der Waals surface area contributed by atoms with E-state index in [1.165, 1.54) is 0 Å². The topological polar surface area (TPSA) is 26.1 Å². The van der Waals surface area contributed by atoms with Gasteiger partial charge in [-0.2, -0.15) is 5.01 Å². The molecule has 0 unspecified atom stereocenters. The van der Waals surface area contributed by atoms with Gasteiger partial charge in [0.1, 0.15) is 13.1 Å². The number of hydrogen-bond acceptors (Lipinski definition) is 3. The number of quaternary nitrogens is 1. The molecular weight excluding hydrogens is 156 g/mol. The average Bonchev–Trinajstić information content (AvgIpc) is 2.21. The predicted molar refractivity (Wildman–Crippen MR) is 43.9 cm³/mol. The van der Waals surface area contributed by atoms with E-state index in [9.17, 15) is 0 Å². The molecule has 2 heterocycles. The molecule has 0 radical (unpaired) electrons. The largest absolute Gasteiger partial charge is 0.378 e. The van der Waals surface area contributed by atoms with Crippen LogP contribution in [0.5, 0.6) is 0 Å². The van der Waals surface area contributed by atoms with Crippen molar-refractivity contribution in [1.29, 1.82) is 0 Å². The fourth-order valence-corrected chi connectivity index (χ4v) is 1.80. The van der Waals surface area contributed by atoms with Crippen molar-refractivity contribution in [2.45, 2.75) is 0 Å². The summed E-state index contributed by atoms with van der Waals surface area (Å²) in [7, 11) is 0. The molecule has 12 heavy (non-hydrogen) atoms. The molecule has 0 spiro atoms. The fraction of sp³-hybridized carbons (Fsp3) is 1.00. The minimum absolute atomic E-state index is 0.893. The molecule has 0 aromatic rings. The SMILES string of the molecule is C1CN([NH+]2CCOCC2)CCO1. The van der Waals surface area contributed by atoms with E-state index in [4.69, 9.17) is 9.47 Å². The maximum absolute atomic E-state index is 5.31. The second kappa shape index (κ2) is 4.18. The van der Waals surface area contributed by atoms with Gasteiger partial charge in [-0.15, -0.1) is 0 Å². The standard InChI is InChI=1S/C8H16N2O2/c1-5-11-6-2-9(1)10-3-7-12-8-4-10/h1-8H2/p+1. The zero-order valence-corrected chi connectivity index (χ0v) is 7.42. The van der Waals surface area contributed by atoms with Crippen molar-refractivity contribution >= 4 is 0 Å². The van der Waals surface area contributed by atoms with Crippen molar-refractivity contribution in [2.75, 3.05) is 52.6 Å². The molecule has 4 heteroatoms. The van der Waals surface area contributed by atoms with Crippen molar-refractivity contribution in [3.05, 3.63) is 0 Å². The summed E-state index contributed by atoms with van der Waals surface area (Å²) >= 11 is 0. The van der Waals surface area contributed by atoms with Crippen LogP contribution in [-0.2, 0) is 9.47 Å². The predicted octanol–water partition coefficient (Wildman–Crippen LogP) is -1.85. The van der Waals surface area contributed by atoms with Gasteiger partial charge < -0.3 is 9.47 Å². The second-order valence-corrected chi connectivity index (χ2v) is 3.28. The van der Waals surface area contributed by atoms with Crippen LogP contribution in [0, 0.1) is 0 Å². The second-order valence-electron chi connectivity index (χ2n) is 3.28. The van der Waals surface area contributed by atoms with Crippen LogP contribution in [0.1, 0.15) is 0 Å². The molecule has 0 aromatic heterocycles. The molecular formula is C8H17N2O2+. The summed E-state index contributed by atoms with van der Waals surface area (Å²) in [4.78, 5) is 0. The third-order valence-corrected chi connectivity index (χ3v) is 2.53. The summed E-state index contributed by atoms with van der Waals surface area (Å²) in [6, 6.07) is 0. The Bertz CT molecular complexity index is 115. The van der Waals surface area contributed by atoms with Crippen LogP contribution in [0.4, 0.5) is 0 Å². The van der Waals surface area contributed by atoms with Crippen LogP contribution in [0.3, 0.4) is 0 Å². The smallest absolute Gasteiger partial charge is 0.119 e. The van der Waals surface area contributed by atoms with Crippen molar-refractivity contribution in [1.82, 2.24) is 5.01 Å². The van der Waals surface area contributed by atoms with Gasteiger partial charge in [0.2, 0.25) is 0 Å². The molecule has 2 rings (SSSR count). The number of hydrogen-bond donors (Lipinski definition) is 1. The zero-order chi connectivity index (χ0) is 8.23. The molecule has 2 saturated heterocycles. The lowest BCUT2D eigenvalue weighted by molar-refractivity contribution is -1.02. The minimum Gasteiger partial charge on any atom is -0.378 e. The van der Waals surface area contributed by atoms with Crippen molar-refractivity contribution < 1.29 is 14.5 Å². The number of rotatable bonds is 1. The average molecular weight is 173 g/mol. The van der Waals surface area contributed by atoms with Gasteiger partial charge in [-0.25, -0.2) is 0 Å². The van der Waals surface area contributed by atoms with Gasteiger partial charge in [-0.1, -0.05) is 0 Å². The Labute approximate surface area is 73.0 Å². The number of nitrogens with zero attached hydrogens (tertiary/aromatic N) is 1. The number of nitrogens with one attached hydrogen (secondary N) is 1. The molecule has 0 amide bonds. The highest BCUT2D eigenvalue weighted by molar-refractivity contribution is 4.51. The summed E-state index contributed by atoms with van der Waals surface area (Å²) in [6.45, 7) is 8.01. The van der Waals surface area contributed by atoms with Crippen LogP contribution in [0.15, 0.2) is 0 Å². The quantitative estimate of drug-likeness (QED) is 0.504. The van der Waals surface area contributed by atoms with Gasteiger partial charge in [0.25, 0.3) is 0 Å². The van der Waals surface area contributed by atoms with E-state index in [-0.39, 0.29) is 0 Å². The molecule has 4 nitrogen and oxygen atoms in total. The lowest BCUT2D eigenvalue weighted by Gasteiger charge is -2.35. The van der Waals surface area contributed by atoms with Crippen molar-refractivity contribution in [3.8, 4) is 0 Å². The van der Waals surface area contributed by atoms with E-state index in [0.29, 0.717) is 0 Å². The summed E-state index contributed by atoms with van der Waals surface area (Å²) in [5.74, 6) is 0. The van der Waals surface area contributed by atoms with Crippen LogP contribution in [0.25, 0.3) is 0 Å². The molecule has 0 atom stereocenters. The van der Waals surface area contributed by atoms with Crippen LogP contribution < -0.4 is 5.01 Å². The number of morpholine rings is 2. The van der Waals surface area contributed by atoms with E-state index >= 15 is 0 Å². The lowest BCUT2D eigenvalue weighted by atomic mass is 10.4. The first-order chi connectivity index (χ1) is 5.97. The Morgan fingerprint density at radius 3 is 2.08 bits per heavy atom. The van der Waals surface area contributed by atoms with Crippen LogP contribution in [-0.4, -0.2) is 57.6 Å². The Morgan fingerprint density at radius 1 is 0.833 bits per heavy atom. The first kappa shape index (κ1) is 8.44. The van der Waals surface area contributed by atoms with Gasteiger partial charge in [0.15, 0.2) is 0 Å². The van der Waals surface area contributed by atoms with Crippen LogP contribution >= 0.6 is 0 Å². The monoisotopic (exact) mass is 173 g/mol. The molecule has 0 bridgehead atoms. The van der Waals surface area contributed by atoms with Gasteiger partial charge in [0.05, 0.1) is 39.5 Å². The summed E-state index contributed by atoms with van der Waals surface area (Å²) in [6.07, 6.45) is 0. The Hall–Kier alpha value is -0.160. The summed E-state index contributed by atoms with van der Waals surface area (Å²) in [5, 5.41) is 4.04. The highest BCUT2D eigenvalue weighted by atomic mass is 16.5. The van der Waals surface area contributed by atoms with E-state index in [1.54, 1.807) is 5.01 Å². The summed E-state index contributed by atoms with van der Waals surface area (Å²) in [5.41, 5.74) is 0. The Balaban J connectivity index is 1.80. The molecule has 2 fully saturated rings. The van der Waals surface area contributed by atoms with E-state index in [2.05, 4.69) is 5.01 Å². The molecule has 2 aliphatic heterocycles. The third-order valence-electron chi connectivity index (χ3n) is 2.53. The van der Waals surface area contributed by atoms with Crippen LogP contribution in [0.2, 0.25) is 0 Å². The molecule has 0 aliphatic carbocycles. The van der Waals surface area contributed by atoms with Crippen molar-refractivity contribution in [3.63, 3.8) is 0 Å². The summed E-state index contributed by atoms with van der Waals surface area (Å²) < 4.78 is 10.6. The molecule has 0 saturated carbocycles. The maximum Gasteiger partial charge on any atom is 0.119 e. The third kappa shape index (κ3) is 1.95. The van der Waals surface area contributed by atoms with Crippen molar-refractivity contribution in [2.24, 2.45) is 0 Å². The first-order valence-corrected chi connectivity index (χ1v) is 4.72. The molecule has 70 valence electrons. The van der Waals surface area contributed by atoms with E-state index in [1.807, 2.05) is 0 Å². The Morgan fingerprint density at radius 2 is 1.42 bits per heavy atom. The maximum atomic E-state index is 5.31. The van der Waals surface area contributed by atoms with Gasteiger partial charge in [-0.3, -0.25) is 5.01 Å². The molecule has 1 N–H and O–H groups in total. The Kier molecular flexibility index (Phi) is 2.94. The molecule has 2 aliphatic rings. The first-order valence-electron chi connectivity index (χ1n) is 4.72. The normalized spacial score (nSPS) is 29.0. The highest BCUT2D eigenvalue weighted by Gasteiger charge is 2.23.